The normalized spacial score (nSPS) is 23.7. The van der Waals surface area contributed by atoms with Crippen molar-refractivity contribution in [2.24, 2.45) is 0 Å². The number of likely N-dealkylation sites (tertiary alicyclic amines) is 1. The fraction of sp³-hybridized carbons (Fsp3) is 0.647. The summed E-state index contributed by atoms with van der Waals surface area (Å²) in [6.07, 6.45) is 5.26. The molecule has 2 saturated heterocycles. The minimum atomic E-state index is -3.84. The summed E-state index contributed by atoms with van der Waals surface area (Å²) in [4.78, 5) is 31.5. The zero-order valence-corrected chi connectivity index (χ0v) is 16.9. The predicted molar refractivity (Wildman–Crippen MR) is 102 cm³/mol. The summed E-state index contributed by atoms with van der Waals surface area (Å²) in [5.41, 5.74) is 0.278. The molecule has 0 bridgehead atoms. The van der Waals surface area contributed by atoms with Crippen molar-refractivity contribution in [2.45, 2.75) is 42.7 Å². The van der Waals surface area contributed by atoms with E-state index in [4.69, 9.17) is 0 Å². The Morgan fingerprint density at radius 1 is 1.26 bits per heavy atom. The number of aromatic nitrogens is 1. The molecule has 1 aromatic rings. The zero-order valence-electron chi connectivity index (χ0n) is 15.3. The fourth-order valence-electron chi connectivity index (χ4n) is 3.61. The Morgan fingerprint density at radius 3 is 2.63 bits per heavy atom. The summed E-state index contributed by atoms with van der Waals surface area (Å²) in [6.45, 7) is 1.40. The van der Waals surface area contributed by atoms with Gasteiger partial charge in [-0.2, -0.15) is 4.31 Å². The molecule has 1 saturated carbocycles. The molecule has 1 unspecified atom stereocenters. The maximum Gasteiger partial charge on any atom is 0.270 e. The third kappa shape index (κ3) is 3.50. The van der Waals surface area contributed by atoms with Crippen LogP contribution < -0.4 is 0 Å². The first-order valence-corrected chi connectivity index (χ1v) is 11.8. The molecule has 10 heteroatoms. The van der Waals surface area contributed by atoms with E-state index in [0.717, 1.165) is 25.7 Å². The smallest absolute Gasteiger partial charge is 0.270 e. The van der Waals surface area contributed by atoms with E-state index in [1.165, 1.54) is 28.3 Å². The number of H-pyrrole nitrogens is 1. The first kappa shape index (κ1) is 18.8. The highest BCUT2D eigenvalue weighted by Gasteiger charge is 2.44. The van der Waals surface area contributed by atoms with E-state index in [9.17, 15) is 18.0 Å². The van der Waals surface area contributed by atoms with Crippen LogP contribution in [0.3, 0.4) is 0 Å². The van der Waals surface area contributed by atoms with E-state index in [1.54, 1.807) is 16.8 Å². The van der Waals surface area contributed by atoms with Crippen molar-refractivity contribution in [3.63, 3.8) is 0 Å². The average Bonchev–Trinajstić information content (AvgIpc) is 3.13. The first-order chi connectivity index (χ1) is 12.9. The van der Waals surface area contributed by atoms with Crippen molar-refractivity contribution in [1.29, 1.82) is 0 Å². The molecule has 2 aliphatic heterocycles. The summed E-state index contributed by atoms with van der Waals surface area (Å²) in [5, 5.41) is 0. The maximum atomic E-state index is 13.1. The average molecular weight is 413 g/mol. The second kappa shape index (κ2) is 7.14. The number of hydrogen-bond donors (Lipinski definition) is 1. The lowest BCUT2D eigenvalue weighted by atomic mass is 10.3. The molecule has 2 amide bonds. The summed E-state index contributed by atoms with van der Waals surface area (Å²) >= 11 is 1.44. The SMILES string of the molecule is CN(C(=O)C1CSCN1S(=O)(=O)c1c[nH]c(C(=O)N2CCCC2)c1)C1CC1. The Morgan fingerprint density at radius 2 is 1.96 bits per heavy atom. The second-order valence-electron chi connectivity index (χ2n) is 7.34. The Bertz CT molecular complexity index is 843. The summed E-state index contributed by atoms with van der Waals surface area (Å²) in [5.74, 6) is 0.387. The minimum Gasteiger partial charge on any atom is -0.356 e. The van der Waals surface area contributed by atoms with Crippen molar-refractivity contribution in [3.05, 3.63) is 18.0 Å². The quantitative estimate of drug-likeness (QED) is 0.777. The zero-order chi connectivity index (χ0) is 19.2. The van der Waals surface area contributed by atoms with E-state index in [2.05, 4.69) is 4.98 Å². The molecule has 3 fully saturated rings. The molecule has 1 atom stereocenters. The molecule has 4 rings (SSSR count). The number of hydrogen-bond acceptors (Lipinski definition) is 5. The van der Waals surface area contributed by atoms with Gasteiger partial charge in [0.15, 0.2) is 0 Å². The van der Waals surface area contributed by atoms with Gasteiger partial charge in [0.1, 0.15) is 16.6 Å². The van der Waals surface area contributed by atoms with Crippen LogP contribution in [0.2, 0.25) is 0 Å². The molecule has 3 aliphatic rings. The maximum absolute atomic E-state index is 13.1. The molecule has 148 valence electrons. The first-order valence-electron chi connectivity index (χ1n) is 9.23. The highest BCUT2D eigenvalue weighted by atomic mass is 32.2. The van der Waals surface area contributed by atoms with Gasteiger partial charge in [-0.15, -0.1) is 11.8 Å². The van der Waals surface area contributed by atoms with E-state index in [1.807, 2.05) is 0 Å². The third-order valence-electron chi connectivity index (χ3n) is 5.46. The van der Waals surface area contributed by atoms with Crippen molar-refractivity contribution < 1.29 is 18.0 Å². The number of rotatable bonds is 5. The molecule has 1 aromatic heterocycles. The van der Waals surface area contributed by atoms with Gasteiger partial charge in [0, 0.05) is 38.1 Å². The molecule has 3 heterocycles. The molecular weight excluding hydrogens is 388 g/mol. The highest BCUT2D eigenvalue weighted by Crippen LogP contribution is 2.32. The number of nitrogens with one attached hydrogen (secondary N) is 1. The van der Waals surface area contributed by atoms with Crippen LogP contribution in [0.15, 0.2) is 17.2 Å². The van der Waals surface area contributed by atoms with Gasteiger partial charge in [0.25, 0.3) is 5.91 Å². The van der Waals surface area contributed by atoms with Crippen LogP contribution in [0.1, 0.15) is 36.2 Å². The summed E-state index contributed by atoms with van der Waals surface area (Å²) in [7, 11) is -2.10. The van der Waals surface area contributed by atoms with Gasteiger partial charge in [-0.1, -0.05) is 0 Å². The van der Waals surface area contributed by atoms with Crippen molar-refractivity contribution >= 4 is 33.6 Å². The molecule has 1 N–H and O–H groups in total. The highest BCUT2D eigenvalue weighted by molar-refractivity contribution is 8.00. The number of aromatic amines is 1. The Hall–Kier alpha value is -1.52. The standard InChI is InChI=1S/C17H24N4O4S2/c1-19(12-4-5-12)17(23)15-10-26-11-21(15)27(24,25)13-8-14(18-9-13)16(22)20-6-2-3-7-20/h8-9,12,15,18H,2-7,10-11H2,1H3. The number of thioether (sulfide) groups is 1. The van der Waals surface area contributed by atoms with Crippen LogP contribution in [0.5, 0.6) is 0 Å². The lowest BCUT2D eigenvalue weighted by Crippen LogP contribution is -2.48. The fourth-order valence-corrected chi connectivity index (χ4v) is 6.74. The number of carbonyl (C=O) groups is 2. The topological polar surface area (TPSA) is 93.8 Å². The van der Waals surface area contributed by atoms with Gasteiger partial charge < -0.3 is 14.8 Å². The number of carbonyl (C=O) groups excluding carboxylic acids is 2. The number of likely N-dealkylation sites (N-methyl/N-ethyl adjacent to an activating group) is 1. The van der Waals surface area contributed by atoms with E-state index in [0.29, 0.717) is 18.8 Å². The lowest BCUT2D eigenvalue weighted by Gasteiger charge is -2.26. The van der Waals surface area contributed by atoms with E-state index >= 15 is 0 Å². The molecule has 0 aromatic carbocycles. The monoisotopic (exact) mass is 412 g/mol. The van der Waals surface area contributed by atoms with Crippen LogP contribution in [0.4, 0.5) is 0 Å². The molecule has 1 aliphatic carbocycles. The van der Waals surface area contributed by atoms with E-state index < -0.39 is 16.1 Å². The van der Waals surface area contributed by atoms with E-state index in [-0.39, 0.29) is 34.3 Å². The largest absolute Gasteiger partial charge is 0.356 e. The van der Waals surface area contributed by atoms with Crippen LogP contribution in [-0.4, -0.2) is 83.2 Å². The van der Waals surface area contributed by atoms with Crippen LogP contribution in [0.25, 0.3) is 0 Å². The lowest BCUT2D eigenvalue weighted by molar-refractivity contribution is -0.133. The van der Waals surface area contributed by atoms with Gasteiger partial charge in [-0.3, -0.25) is 9.59 Å². The molecule has 0 spiro atoms. The minimum absolute atomic E-state index is 0.0411. The molecule has 8 nitrogen and oxygen atoms in total. The van der Waals surface area contributed by atoms with Gasteiger partial charge in [-0.05, 0) is 31.7 Å². The van der Waals surface area contributed by atoms with Gasteiger partial charge in [-0.25, -0.2) is 8.42 Å². The number of nitrogens with zero attached hydrogens (tertiary/aromatic N) is 3. The third-order valence-corrected chi connectivity index (χ3v) is 8.46. The van der Waals surface area contributed by atoms with Gasteiger partial charge in [0.05, 0.1) is 5.88 Å². The van der Waals surface area contributed by atoms with Crippen molar-refractivity contribution in [2.75, 3.05) is 31.8 Å². The predicted octanol–water partition coefficient (Wildman–Crippen LogP) is 0.935. The second-order valence-corrected chi connectivity index (χ2v) is 10.2. The van der Waals surface area contributed by atoms with Crippen molar-refractivity contribution in [1.82, 2.24) is 19.1 Å². The summed E-state index contributed by atoms with van der Waals surface area (Å²) in [6, 6.07) is 0.952. The molecular formula is C17H24N4O4S2. The van der Waals surface area contributed by atoms with Crippen LogP contribution in [0, 0.1) is 0 Å². The molecule has 0 radical (unpaired) electrons. The molecule has 27 heavy (non-hydrogen) atoms. The van der Waals surface area contributed by atoms with Crippen LogP contribution in [-0.2, 0) is 14.8 Å². The van der Waals surface area contributed by atoms with Crippen LogP contribution >= 0.6 is 11.8 Å². The Kier molecular flexibility index (Phi) is 4.98. The summed E-state index contributed by atoms with van der Waals surface area (Å²) < 4.78 is 27.5. The van der Waals surface area contributed by atoms with Gasteiger partial charge in [0.2, 0.25) is 15.9 Å². The number of sulfonamides is 1. The Labute approximate surface area is 163 Å². The van der Waals surface area contributed by atoms with Gasteiger partial charge >= 0.3 is 0 Å². The Balaban J connectivity index is 1.53. The van der Waals surface area contributed by atoms with Crippen molar-refractivity contribution in [3.8, 4) is 0 Å². The number of amides is 2.